The van der Waals surface area contributed by atoms with Crippen LogP contribution in [0.1, 0.15) is 26.2 Å². The van der Waals surface area contributed by atoms with Gasteiger partial charge in [-0.05, 0) is 50.6 Å². The summed E-state index contributed by atoms with van der Waals surface area (Å²) in [6.07, 6.45) is 2.67. The number of nitrogens with one attached hydrogen (secondary N) is 2. The number of hydrogen-bond acceptors (Lipinski definition) is 3. The minimum Gasteiger partial charge on any atom is -0.491 e. The fourth-order valence-electron chi connectivity index (χ4n) is 2.26. The Kier molecular flexibility index (Phi) is 5.68. The van der Waals surface area contributed by atoms with E-state index in [0.717, 1.165) is 32.4 Å². The molecule has 5 heteroatoms. The number of amides is 1. The van der Waals surface area contributed by atoms with Gasteiger partial charge in [0.05, 0.1) is 12.3 Å². The Balaban J connectivity index is 2.06. The maximum absolute atomic E-state index is 12.3. The molecule has 1 aromatic rings. The average molecular weight is 297 g/mol. The topological polar surface area (TPSA) is 50.4 Å². The highest BCUT2D eigenvalue weighted by Crippen LogP contribution is 2.29. The minimum absolute atomic E-state index is 0.0510. The van der Waals surface area contributed by atoms with Crippen LogP contribution >= 0.6 is 11.6 Å². The van der Waals surface area contributed by atoms with Gasteiger partial charge < -0.3 is 15.4 Å². The lowest BCUT2D eigenvalue weighted by Gasteiger charge is -2.22. The first-order chi connectivity index (χ1) is 9.70. The number of rotatable bonds is 5. The van der Waals surface area contributed by atoms with Crippen LogP contribution in [0.15, 0.2) is 18.2 Å². The third kappa shape index (κ3) is 4.12. The van der Waals surface area contributed by atoms with Crippen molar-refractivity contribution in [3.8, 4) is 5.75 Å². The molecule has 20 heavy (non-hydrogen) atoms. The van der Waals surface area contributed by atoms with Gasteiger partial charge in [-0.2, -0.15) is 0 Å². The smallest absolute Gasteiger partial charge is 0.227 e. The lowest BCUT2D eigenvalue weighted by molar-refractivity contribution is -0.120. The van der Waals surface area contributed by atoms with Crippen molar-refractivity contribution >= 4 is 23.2 Å². The van der Waals surface area contributed by atoms with E-state index in [1.165, 1.54) is 0 Å². The van der Waals surface area contributed by atoms with E-state index < -0.39 is 0 Å². The first kappa shape index (κ1) is 15.1. The molecule has 0 spiro atoms. The molecule has 1 fully saturated rings. The fraction of sp³-hybridized carbons (Fsp3) is 0.533. The number of piperidine rings is 1. The number of hydrogen-bond donors (Lipinski definition) is 2. The molecule has 1 heterocycles. The van der Waals surface area contributed by atoms with Crippen LogP contribution in [0.3, 0.4) is 0 Å². The predicted molar refractivity (Wildman–Crippen MR) is 81.5 cm³/mol. The zero-order valence-corrected chi connectivity index (χ0v) is 12.5. The zero-order valence-electron chi connectivity index (χ0n) is 11.7. The van der Waals surface area contributed by atoms with Gasteiger partial charge in [-0.25, -0.2) is 0 Å². The third-order valence-electron chi connectivity index (χ3n) is 3.37. The zero-order chi connectivity index (χ0) is 14.4. The number of carbonyl (C=O) groups is 1. The summed E-state index contributed by atoms with van der Waals surface area (Å²) >= 11 is 6.00. The molecule has 2 N–H and O–H groups in total. The van der Waals surface area contributed by atoms with E-state index >= 15 is 0 Å². The van der Waals surface area contributed by atoms with Crippen LogP contribution in [-0.4, -0.2) is 25.6 Å². The maximum atomic E-state index is 12.3. The van der Waals surface area contributed by atoms with Crippen molar-refractivity contribution < 1.29 is 9.53 Å². The van der Waals surface area contributed by atoms with Crippen LogP contribution in [-0.2, 0) is 4.79 Å². The largest absolute Gasteiger partial charge is 0.491 e. The highest BCUT2D eigenvalue weighted by atomic mass is 35.5. The summed E-state index contributed by atoms with van der Waals surface area (Å²) < 4.78 is 5.64. The van der Waals surface area contributed by atoms with Crippen LogP contribution in [0, 0.1) is 5.92 Å². The molecule has 0 aromatic heterocycles. The van der Waals surface area contributed by atoms with Gasteiger partial charge in [0.25, 0.3) is 0 Å². The maximum Gasteiger partial charge on any atom is 0.227 e. The van der Waals surface area contributed by atoms with E-state index in [-0.39, 0.29) is 11.8 Å². The van der Waals surface area contributed by atoms with Crippen LogP contribution in [0.2, 0.25) is 5.02 Å². The standard InChI is InChI=1S/C15H21ClN2O2/c1-2-9-20-14-4-3-12(16)10-13(14)18-15(19)11-5-7-17-8-6-11/h3-4,10-11,17H,2,5-9H2,1H3,(H,18,19). The summed E-state index contributed by atoms with van der Waals surface area (Å²) in [5.41, 5.74) is 0.662. The third-order valence-corrected chi connectivity index (χ3v) is 3.61. The molecule has 110 valence electrons. The minimum atomic E-state index is 0.0510. The van der Waals surface area contributed by atoms with Gasteiger partial charge in [-0.15, -0.1) is 0 Å². The number of ether oxygens (including phenoxy) is 1. The molecule has 0 radical (unpaired) electrons. The molecule has 1 aliphatic heterocycles. The Morgan fingerprint density at radius 1 is 1.45 bits per heavy atom. The predicted octanol–water partition coefficient (Wildman–Crippen LogP) is 3.07. The first-order valence-electron chi connectivity index (χ1n) is 7.14. The van der Waals surface area contributed by atoms with Crippen molar-refractivity contribution in [2.75, 3.05) is 25.0 Å². The van der Waals surface area contributed by atoms with Crippen LogP contribution < -0.4 is 15.4 Å². The van der Waals surface area contributed by atoms with Gasteiger partial charge in [-0.1, -0.05) is 18.5 Å². The number of anilines is 1. The summed E-state index contributed by atoms with van der Waals surface area (Å²) in [6, 6.07) is 5.31. The van der Waals surface area contributed by atoms with E-state index in [1.807, 2.05) is 6.92 Å². The molecule has 1 aromatic carbocycles. The van der Waals surface area contributed by atoms with Gasteiger partial charge in [0.15, 0.2) is 0 Å². The second-order valence-corrected chi connectivity index (χ2v) is 5.44. The SMILES string of the molecule is CCCOc1ccc(Cl)cc1NC(=O)C1CCNCC1. The summed E-state index contributed by atoms with van der Waals surface area (Å²) in [5.74, 6) is 0.794. The lowest BCUT2D eigenvalue weighted by atomic mass is 9.97. The van der Waals surface area contributed by atoms with Gasteiger partial charge in [0.1, 0.15) is 5.75 Å². The molecule has 4 nitrogen and oxygen atoms in total. The Labute approximate surface area is 124 Å². The van der Waals surface area contributed by atoms with Gasteiger partial charge in [-0.3, -0.25) is 4.79 Å². The van der Waals surface area contributed by atoms with Crippen molar-refractivity contribution in [2.45, 2.75) is 26.2 Å². The number of carbonyl (C=O) groups excluding carboxylic acids is 1. The van der Waals surface area contributed by atoms with E-state index in [4.69, 9.17) is 16.3 Å². The molecule has 0 atom stereocenters. The Morgan fingerprint density at radius 2 is 2.20 bits per heavy atom. The second kappa shape index (κ2) is 7.50. The van der Waals surface area contributed by atoms with E-state index in [1.54, 1.807) is 18.2 Å². The van der Waals surface area contributed by atoms with Crippen molar-refractivity contribution in [3.63, 3.8) is 0 Å². The van der Waals surface area contributed by atoms with E-state index in [0.29, 0.717) is 23.1 Å². The number of benzene rings is 1. The summed E-state index contributed by atoms with van der Waals surface area (Å²) in [4.78, 5) is 12.3. The molecule has 0 unspecified atom stereocenters. The Morgan fingerprint density at radius 3 is 2.90 bits per heavy atom. The van der Waals surface area contributed by atoms with Gasteiger partial charge in [0.2, 0.25) is 5.91 Å². The van der Waals surface area contributed by atoms with Crippen molar-refractivity contribution in [1.82, 2.24) is 5.32 Å². The van der Waals surface area contributed by atoms with Crippen molar-refractivity contribution in [1.29, 1.82) is 0 Å². The Bertz CT molecular complexity index is 459. The first-order valence-corrected chi connectivity index (χ1v) is 7.52. The molecule has 1 aliphatic rings. The molecule has 1 saturated heterocycles. The molecular weight excluding hydrogens is 276 g/mol. The van der Waals surface area contributed by atoms with Crippen LogP contribution in [0.25, 0.3) is 0 Å². The average Bonchev–Trinajstić information content (AvgIpc) is 2.47. The normalized spacial score (nSPS) is 15.9. The van der Waals surface area contributed by atoms with Crippen molar-refractivity contribution in [2.24, 2.45) is 5.92 Å². The summed E-state index contributed by atoms with van der Waals surface area (Å²) in [5, 5.41) is 6.80. The Hall–Kier alpha value is -1.26. The highest BCUT2D eigenvalue weighted by Gasteiger charge is 2.21. The summed E-state index contributed by atoms with van der Waals surface area (Å²) in [6.45, 7) is 4.46. The van der Waals surface area contributed by atoms with Crippen LogP contribution in [0.5, 0.6) is 5.75 Å². The fourth-order valence-corrected chi connectivity index (χ4v) is 2.43. The highest BCUT2D eigenvalue weighted by molar-refractivity contribution is 6.31. The van der Waals surface area contributed by atoms with Crippen molar-refractivity contribution in [3.05, 3.63) is 23.2 Å². The van der Waals surface area contributed by atoms with E-state index in [2.05, 4.69) is 10.6 Å². The lowest BCUT2D eigenvalue weighted by Crippen LogP contribution is -2.34. The molecule has 1 amide bonds. The molecule has 0 saturated carbocycles. The molecule has 2 rings (SSSR count). The summed E-state index contributed by atoms with van der Waals surface area (Å²) in [7, 11) is 0. The number of halogens is 1. The molecular formula is C15H21ClN2O2. The van der Waals surface area contributed by atoms with E-state index in [9.17, 15) is 4.79 Å². The van der Waals surface area contributed by atoms with Gasteiger partial charge >= 0.3 is 0 Å². The molecule has 0 aliphatic carbocycles. The molecule has 0 bridgehead atoms. The second-order valence-electron chi connectivity index (χ2n) is 5.00. The van der Waals surface area contributed by atoms with Gasteiger partial charge in [0, 0.05) is 10.9 Å². The quantitative estimate of drug-likeness (QED) is 0.878. The van der Waals surface area contributed by atoms with Crippen LogP contribution in [0.4, 0.5) is 5.69 Å². The monoisotopic (exact) mass is 296 g/mol.